The Labute approximate surface area is 193 Å². The van der Waals surface area contributed by atoms with Crippen LogP contribution >= 0.6 is 39.9 Å². The molecule has 0 bridgehead atoms. The zero-order valence-corrected chi connectivity index (χ0v) is 19.5. The minimum atomic E-state index is -0.203. The molecular formula is C22H20BrNO4S2. The number of thioether (sulfide) groups is 1. The molecule has 156 valence electrons. The number of hydrogen-bond acceptors (Lipinski definition) is 6. The second-order valence-corrected chi connectivity index (χ2v) is 8.84. The van der Waals surface area contributed by atoms with Crippen molar-refractivity contribution in [2.45, 2.75) is 6.42 Å². The van der Waals surface area contributed by atoms with Crippen molar-refractivity contribution in [1.29, 1.82) is 0 Å². The summed E-state index contributed by atoms with van der Waals surface area (Å²) in [6.07, 6.45) is 4.37. The van der Waals surface area contributed by atoms with Crippen LogP contribution in [0.5, 0.6) is 17.2 Å². The van der Waals surface area contributed by atoms with Crippen molar-refractivity contribution in [2.75, 3.05) is 20.3 Å². The summed E-state index contributed by atoms with van der Waals surface area (Å²) in [6, 6.07) is 11.4. The standard InChI is InChI=1S/C22H20BrNO4S2/c1-3-4-14-5-7-18(19(11-14)26-2)28-10-9-27-17-8-6-16(23)12-15(17)13-20-21(25)24-22(29)30-20/h3,5-8,11-13H,1,4,9-10H2,2H3,(H,24,25,29). The van der Waals surface area contributed by atoms with E-state index in [4.69, 9.17) is 26.4 Å². The number of benzene rings is 2. The quantitative estimate of drug-likeness (QED) is 0.220. The Hall–Kier alpha value is -2.29. The molecule has 0 aliphatic carbocycles. The third kappa shape index (κ3) is 5.87. The third-order valence-corrected chi connectivity index (χ3v) is 5.76. The van der Waals surface area contributed by atoms with Gasteiger partial charge in [-0.05, 0) is 48.4 Å². The number of methoxy groups -OCH3 is 1. The Bertz CT molecular complexity index is 1010. The fraction of sp³-hybridized carbons (Fsp3) is 0.182. The highest BCUT2D eigenvalue weighted by Gasteiger charge is 2.22. The molecule has 1 aliphatic heterocycles. The molecule has 0 aromatic heterocycles. The fourth-order valence-corrected chi connectivity index (χ4v) is 4.17. The zero-order chi connectivity index (χ0) is 21.5. The summed E-state index contributed by atoms with van der Waals surface area (Å²) in [4.78, 5) is 12.5. The summed E-state index contributed by atoms with van der Waals surface area (Å²) in [7, 11) is 1.61. The Balaban J connectivity index is 1.64. The summed E-state index contributed by atoms with van der Waals surface area (Å²) in [5.41, 5.74) is 1.88. The second kappa shape index (κ2) is 10.7. The van der Waals surface area contributed by atoms with E-state index in [9.17, 15) is 4.79 Å². The van der Waals surface area contributed by atoms with Gasteiger partial charge in [0.05, 0.1) is 12.0 Å². The number of carbonyl (C=O) groups excluding carboxylic acids is 1. The molecule has 1 amide bonds. The lowest BCUT2D eigenvalue weighted by Crippen LogP contribution is -2.17. The molecule has 3 rings (SSSR count). The van der Waals surface area contributed by atoms with Gasteiger partial charge in [-0.15, -0.1) is 6.58 Å². The maximum Gasteiger partial charge on any atom is 0.263 e. The number of hydrogen-bond donors (Lipinski definition) is 1. The normalized spacial score (nSPS) is 14.5. The Morgan fingerprint density at radius 1 is 1.13 bits per heavy atom. The first-order valence-corrected chi connectivity index (χ1v) is 11.1. The molecule has 5 nitrogen and oxygen atoms in total. The molecule has 0 unspecified atom stereocenters. The largest absolute Gasteiger partial charge is 0.493 e. The van der Waals surface area contributed by atoms with Crippen molar-refractivity contribution in [3.8, 4) is 17.2 Å². The maximum absolute atomic E-state index is 12.0. The second-order valence-electron chi connectivity index (χ2n) is 6.21. The van der Waals surface area contributed by atoms with Crippen LogP contribution in [-0.2, 0) is 11.2 Å². The molecule has 1 aliphatic rings. The van der Waals surface area contributed by atoms with Crippen molar-refractivity contribution in [3.63, 3.8) is 0 Å². The highest BCUT2D eigenvalue weighted by atomic mass is 79.9. The van der Waals surface area contributed by atoms with Crippen LogP contribution in [0.25, 0.3) is 6.08 Å². The third-order valence-electron chi connectivity index (χ3n) is 4.11. The first kappa shape index (κ1) is 22.4. The van der Waals surface area contributed by atoms with E-state index in [-0.39, 0.29) is 5.91 Å². The molecule has 1 fully saturated rings. The van der Waals surface area contributed by atoms with Gasteiger partial charge in [0.25, 0.3) is 5.91 Å². The van der Waals surface area contributed by atoms with E-state index >= 15 is 0 Å². The average Bonchev–Trinajstić information content (AvgIpc) is 3.04. The van der Waals surface area contributed by atoms with Gasteiger partial charge in [0.2, 0.25) is 0 Å². The number of nitrogens with one attached hydrogen (secondary N) is 1. The summed E-state index contributed by atoms with van der Waals surface area (Å²) in [6.45, 7) is 4.41. The van der Waals surface area contributed by atoms with E-state index in [0.29, 0.717) is 39.7 Å². The minimum absolute atomic E-state index is 0.203. The average molecular weight is 506 g/mol. The molecule has 0 saturated carbocycles. The summed E-state index contributed by atoms with van der Waals surface area (Å²) >= 11 is 9.73. The number of carbonyl (C=O) groups is 1. The molecule has 0 atom stereocenters. The molecule has 0 radical (unpaired) electrons. The van der Waals surface area contributed by atoms with Crippen LogP contribution in [-0.4, -0.2) is 30.6 Å². The molecule has 30 heavy (non-hydrogen) atoms. The molecule has 0 spiro atoms. The highest BCUT2D eigenvalue weighted by molar-refractivity contribution is 9.10. The number of amides is 1. The van der Waals surface area contributed by atoms with E-state index in [1.807, 2.05) is 42.5 Å². The van der Waals surface area contributed by atoms with Crippen molar-refractivity contribution in [1.82, 2.24) is 5.32 Å². The van der Waals surface area contributed by atoms with Crippen molar-refractivity contribution in [3.05, 3.63) is 69.6 Å². The van der Waals surface area contributed by atoms with E-state index < -0.39 is 0 Å². The van der Waals surface area contributed by atoms with Gasteiger partial charge in [0, 0.05) is 10.0 Å². The van der Waals surface area contributed by atoms with Gasteiger partial charge < -0.3 is 19.5 Å². The summed E-state index contributed by atoms with van der Waals surface area (Å²) in [5.74, 6) is 1.77. The first-order chi connectivity index (χ1) is 14.5. The lowest BCUT2D eigenvalue weighted by atomic mass is 10.1. The molecule has 2 aromatic carbocycles. The van der Waals surface area contributed by atoms with Crippen molar-refractivity contribution in [2.24, 2.45) is 0 Å². The van der Waals surface area contributed by atoms with Crippen LogP contribution in [0.2, 0.25) is 0 Å². The van der Waals surface area contributed by atoms with Crippen LogP contribution in [0.1, 0.15) is 11.1 Å². The molecule has 8 heteroatoms. The fourth-order valence-electron chi connectivity index (χ4n) is 2.75. The predicted molar refractivity (Wildman–Crippen MR) is 128 cm³/mol. The van der Waals surface area contributed by atoms with Gasteiger partial charge in [-0.2, -0.15) is 0 Å². The van der Waals surface area contributed by atoms with Gasteiger partial charge in [-0.3, -0.25) is 4.79 Å². The lowest BCUT2D eigenvalue weighted by molar-refractivity contribution is -0.115. The van der Waals surface area contributed by atoms with Crippen molar-refractivity contribution < 1.29 is 19.0 Å². The van der Waals surface area contributed by atoms with E-state index in [1.54, 1.807) is 13.2 Å². The SMILES string of the molecule is C=CCc1ccc(OCCOc2ccc(Br)cc2C=C2SC(=S)NC2=O)c(OC)c1. The molecule has 1 saturated heterocycles. The van der Waals surface area contributed by atoms with Crippen LogP contribution in [0, 0.1) is 0 Å². The first-order valence-electron chi connectivity index (χ1n) is 9.08. The van der Waals surface area contributed by atoms with Crippen LogP contribution < -0.4 is 19.5 Å². The van der Waals surface area contributed by atoms with Crippen molar-refractivity contribution >= 4 is 56.2 Å². The highest BCUT2D eigenvalue weighted by Crippen LogP contribution is 2.31. The van der Waals surface area contributed by atoms with Gasteiger partial charge in [0.1, 0.15) is 23.3 Å². The Morgan fingerprint density at radius 2 is 1.87 bits per heavy atom. The molecular weight excluding hydrogens is 486 g/mol. The van der Waals surface area contributed by atoms with Gasteiger partial charge in [-0.1, -0.05) is 52.1 Å². The predicted octanol–water partition coefficient (Wildman–Crippen LogP) is 5.13. The summed E-state index contributed by atoms with van der Waals surface area (Å²) < 4.78 is 18.5. The van der Waals surface area contributed by atoms with E-state index in [2.05, 4.69) is 27.8 Å². The molecule has 1 N–H and O–H groups in total. The minimum Gasteiger partial charge on any atom is -0.493 e. The smallest absolute Gasteiger partial charge is 0.263 e. The van der Waals surface area contributed by atoms with E-state index in [1.165, 1.54) is 11.8 Å². The Morgan fingerprint density at radius 3 is 2.53 bits per heavy atom. The van der Waals surface area contributed by atoms with Crippen LogP contribution in [0.4, 0.5) is 0 Å². The van der Waals surface area contributed by atoms with Gasteiger partial charge >= 0.3 is 0 Å². The number of allylic oxidation sites excluding steroid dienone is 1. The monoisotopic (exact) mass is 505 g/mol. The van der Waals surface area contributed by atoms with Gasteiger partial charge in [0.15, 0.2) is 11.5 Å². The number of thiocarbonyl (C=S) groups is 1. The number of halogens is 1. The van der Waals surface area contributed by atoms with Crippen LogP contribution in [0.3, 0.4) is 0 Å². The lowest BCUT2D eigenvalue weighted by Gasteiger charge is -2.13. The van der Waals surface area contributed by atoms with E-state index in [0.717, 1.165) is 22.0 Å². The number of ether oxygens (including phenoxy) is 3. The van der Waals surface area contributed by atoms with Gasteiger partial charge in [-0.25, -0.2) is 0 Å². The van der Waals surface area contributed by atoms with Crippen LogP contribution in [0.15, 0.2) is 58.4 Å². The maximum atomic E-state index is 12.0. The number of rotatable bonds is 9. The topological polar surface area (TPSA) is 56.8 Å². The zero-order valence-electron chi connectivity index (χ0n) is 16.3. The molecule has 1 heterocycles. The Kier molecular flexibility index (Phi) is 7.95. The molecule has 2 aromatic rings. The summed E-state index contributed by atoms with van der Waals surface area (Å²) in [5, 5.41) is 2.61.